The fraction of sp³-hybridized carbons (Fsp3) is 0.176. The fourth-order valence-corrected chi connectivity index (χ4v) is 1.79. The minimum absolute atomic E-state index is 0.326. The number of nitrogens with one attached hydrogen (secondary N) is 1. The van der Waals surface area contributed by atoms with Gasteiger partial charge in [0, 0.05) is 0 Å². The van der Waals surface area contributed by atoms with E-state index in [1.165, 1.54) is 31.4 Å². The molecule has 24 heavy (non-hydrogen) atoms. The molecule has 0 saturated carbocycles. The number of esters is 1. The number of benzene rings is 2. The van der Waals surface area contributed by atoms with Crippen molar-refractivity contribution in [2.75, 3.05) is 25.6 Å². The van der Waals surface area contributed by atoms with Crippen LogP contribution in [0.5, 0.6) is 11.5 Å². The van der Waals surface area contributed by atoms with Gasteiger partial charge in [-0.1, -0.05) is 12.1 Å². The number of methoxy groups -OCH3 is 1. The largest absolute Gasteiger partial charge is 0.495 e. The van der Waals surface area contributed by atoms with Gasteiger partial charge in [0.05, 0.1) is 12.8 Å². The molecule has 1 amide bonds. The molecule has 2 aromatic carbocycles. The van der Waals surface area contributed by atoms with E-state index in [0.29, 0.717) is 17.2 Å². The molecule has 0 fully saturated rings. The lowest BCUT2D eigenvalue weighted by atomic mass is 10.3. The molecule has 0 unspecified atom stereocenters. The van der Waals surface area contributed by atoms with E-state index in [1.54, 1.807) is 24.3 Å². The smallest absolute Gasteiger partial charge is 0.344 e. The molecule has 0 aromatic heterocycles. The molecule has 2 aromatic rings. The van der Waals surface area contributed by atoms with E-state index in [4.69, 9.17) is 14.2 Å². The molecule has 2 rings (SSSR count). The normalized spacial score (nSPS) is 9.92. The minimum Gasteiger partial charge on any atom is -0.495 e. The number of rotatable bonds is 7. The lowest BCUT2D eigenvalue weighted by molar-refractivity contribution is -0.149. The molecular formula is C17H16FNO5. The summed E-state index contributed by atoms with van der Waals surface area (Å²) in [7, 11) is 1.48. The van der Waals surface area contributed by atoms with Crippen LogP contribution in [0.15, 0.2) is 48.5 Å². The summed E-state index contributed by atoms with van der Waals surface area (Å²) in [4.78, 5) is 23.3. The van der Waals surface area contributed by atoms with Gasteiger partial charge >= 0.3 is 5.97 Å². The predicted octanol–water partition coefficient (Wildman–Crippen LogP) is 2.40. The first-order chi connectivity index (χ1) is 11.6. The average Bonchev–Trinajstić information content (AvgIpc) is 2.60. The van der Waals surface area contributed by atoms with E-state index in [1.807, 2.05) is 0 Å². The van der Waals surface area contributed by atoms with Gasteiger partial charge < -0.3 is 19.5 Å². The predicted molar refractivity (Wildman–Crippen MR) is 84.5 cm³/mol. The Hall–Kier alpha value is -3.09. The molecular weight excluding hydrogens is 317 g/mol. The average molecular weight is 333 g/mol. The summed E-state index contributed by atoms with van der Waals surface area (Å²) >= 11 is 0. The molecule has 0 aliphatic carbocycles. The van der Waals surface area contributed by atoms with Crippen LogP contribution in [0.4, 0.5) is 10.1 Å². The van der Waals surface area contributed by atoms with Gasteiger partial charge in [0.25, 0.3) is 5.91 Å². The van der Waals surface area contributed by atoms with Crippen LogP contribution in [0.3, 0.4) is 0 Å². The van der Waals surface area contributed by atoms with Crippen molar-refractivity contribution in [3.8, 4) is 11.5 Å². The number of anilines is 1. The van der Waals surface area contributed by atoms with Crippen LogP contribution in [0.25, 0.3) is 0 Å². The summed E-state index contributed by atoms with van der Waals surface area (Å²) in [6.45, 7) is -0.836. The quantitative estimate of drug-likeness (QED) is 0.788. The number of hydrogen-bond donors (Lipinski definition) is 1. The Kier molecular flexibility index (Phi) is 6.13. The third kappa shape index (κ3) is 5.28. The third-order valence-corrected chi connectivity index (χ3v) is 2.92. The highest BCUT2D eigenvalue weighted by atomic mass is 19.1. The molecule has 0 aliphatic rings. The van der Waals surface area contributed by atoms with Gasteiger partial charge in [-0.05, 0) is 36.4 Å². The molecule has 6 nitrogen and oxygen atoms in total. The monoisotopic (exact) mass is 333 g/mol. The number of ether oxygens (including phenoxy) is 3. The number of hydrogen-bond acceptors (Lipinski definition) is 5. The first kappa shape index (κ1) is 17.3. The highest BCUT2D eigenvalue weighted by molar-refractivity contribution is 5.94. The van der Waals surface area contributed by atoms with E-state index >= 15 is 0 Å². The van der Waals surface area contributed by atoms with Crippen molar-refractivity contribution < 1.29 is 28.2 Å². The maximum Gasteiger partial charge on any atom is 0.344 e. The zero-order valence-corrected chi connectivity index (χ0v) is 13.0. The Bertz CT molecular complexity index is 702. The summed E-state index contributed by atoms with van der Waals surface area (Å²) < 4.78 is 27.7. The molecule has 0 atom stereocenters. The number of amides is 1. The summed E-state index contributed by atoms with van der Waals surface area (Å²) in [5.74, 6) is -0.800. The molecule has 1 N–H and O–H groups in total. The lowest BCUT2D eigenvalue weighted by Crippen LogP contribution is -2.23. The lowest BCUT2D eigenvalue weighted by Gasteiger charge is -2.10. The van der Waals surface area contributed by atoms with Gasteiger partial charge in [0.1, 0.15) is 17.3 Å². The molecule has 0 bridgehead atoms. The first-order valence-corrected chi connectivity index (χ1v) is 7.05. The summed E-state index contributed by atoms with van der Waals surface area (Å²) in [5.41, 5.74) is 0.476. The number of carbonyl (C=O) groups is 2. The van der Waals surface area contributed by atoms with E-state index in [-0.39, 0.29) is 6.61 Å². The van der Waals surface area contributed by atoms with Crippen molar-refractivity contribution >= 4 is 17.6 Å². The van der Waals surface area contributed by atoms with Crippen molar-refractivity contribution in [2.24, 2.45) is 0 Å². The summed E-state index contributed by atoms with van der Waals surface area (Å²) in [6, 6.07) is 12.0. The Morgan fingerprint density at radius 2 is 1.75 bits per heavy atom. The van der Waals surface area contributed by atoms with Crippen LogP contribution in [0, 0.1) is 5.82 Å². The summed E-state index contributed by atoms with van der Waals surface area (Å²) in [5, 5.41) is 2.57. The highest BCUT2D eigenvalue weighted by Crippen LogP contribution is 2.22. The molecule has 0 heterocycles. The topological polar surface area (TPSA) is 73.9 Å². The molecule has 0 spiro atoms. The Balaban J connectivity index is 1.74. The Labute approximate surface area is 138 Å². The second-order valence-electron chi connectivity index (χ2n) is 4.65. The van der Waals surface area contributed by atoms with Gasteiger partial charge in [-0.3, -0.25) is 4.79 Å². The van der Waals surface area contributed by atoms with E-state index < -0.39 is 24.3 Å². The second kappa shape index (κ2) is 8.52. The molecule has 0 saturated heterocycles. The van der Waals surface area contributed by atoms with Crippen molar-refractivity contribution in [1.82, 2.24) is 0 Å². The minimum atomic E-state index is -0.713. The zero-order chi connectivity index (χ0) is 17.4. The van der Waals surface area contributed by atoms with Crippen LogP contribution in [0.2, 0.25) is 0 Å². The maximum atomic E-state index is 12.7. The Morgan fingerprint density at radius 1 is 1.04 bits per heavy atom. The number of carbonyl (C=O) groups excluding carboxylic acids is 2. The molecule has 126 valence electrons. The van der Waals surface area contributed by atoms with E-state index in [0.717, 1.165) is 0 Å². The van der Waals surface area contributed by atoms with Crippen molar-refractivity contribution in [1.29, 1.82) is 0 Å². The molecule has 7 heteroatoms. The standard InChI is InChI=1S/C17H16FNO5/c1-22-15-5-3-2-4-14(15)19-16(20)10-24-17(21)11-23-13-8-6-12(18)7-9-13/h2-9H,10-11H2,1H3,(H,19,20). The Morgan fingerprint density at radius 3 is 2.46 bits per heavy atom. The van der Waals surface area contributed by atoms with E-state index in [2.05, 4.69) is 5.32 Å². The maximum absolute atomic E-state index is 12.7. The van der Waals surface area contributed by atoms with Gasteiger partial charge in [-0.15, -0.1) is 0 Å². The first-order valence-electron chi connectivity index (χ1n) is 7.05. The van der Waals surface area contributed by atoms with Gasteiger partial charge in [0.15, 0.2) is 13.2 Å². The van der Waals surface area contributed by atoms with Gasteiger partial charge in [-0.25, -0.2) is 9.18 Å². The van der Waals surface area contributed by atoms with Crippen LogP contribution in [0.1, 0.15) is 0 Å². The molecule has 0 radical (unpaired) electrons. The fourth-order valence-electron chi connectivity index (χ4n) is 1.79. The summed E-state index contributed by atoms with van der Waals surface area (Å²) in [6.07, 6.45) is 0. The van der Waals surface area contributed by atoms with Gasteiger partial charge in [-0.2, -0.15) is 0 Å². The van der Waals surface area contributed by atoms with Crippen LogP contribution in [-0.2, 0) is 14.3 Å². The SMILES string of the molecule is COc1ccccc1NC(=O)COC(=O)COc1ccc(F)cc1. The van der Waals surface area contributed by atoms with E-state index in [9.17, 15) is 14.0 Å². The van der Waals surface area contributed by atoms with Crippen molar-refractivity contribution in [2.45, 2.75) is 0 Å². The number of halogens is 1. The van der Waals surface area contributed by atoms with Crippen molar-refractivity contribution in [3.63, 3.8) is 0 Å². The van der Waals surface area contributed by atoms with Crippen molar-refractivity contribution in [3.05, 3.63) is 54.3 Å². The van der Waals surface area contributed by atoms with Crippen LogP contribution >= 0.6 is 0 Å². The zero-order valence-electron chi connectivity index (χ0n) is 13.0. The number of para-hydroxylation sites is 2. The van der Waals surface area contributed by atoms with Crippen LogP contribution in [-0.4, -0.2) is 32.2 Å². The second-order valence-corrected chi connectivity index (χ2v) is 4.65. The highest BCUT2D eigenvalue weighted by Gasteiger charge is 2.10. The van der Waals surface area contributed by atoms with Gasteiger partial charge in [0.2, 0.25) is 0 Å². The molecule has 0 aliphatic heterocycles. The third-order valence-electron chi connectivity index (χ3n) is 2.92. The van der Waals surface area contributed by atoms with Crippen LogP contribution < -0.4 is 14.8 Å².